The van der Waals surface area contributed by atoms with Gasteiger partial charge < -0.3 is 29.4 Å². The summed E-state index contributed by atoms with van der Waals surface area (Å²) in [5, 5.41) is 10.1. The summed E-state index contributed by atoms with van der Waals surface area (Å²) in [6.45, 7) is 9.32. The van der Waals surface area contributed by atoms with Crippen molar-refractivity contribution >= 4 is 22.5 Å². The van der Waals surface area contributed by atoms with Crippen LogP contribution in [0.15, 0.2) is 48.9 Å². The first-order chi connectivity index (χ1) is 20.2. The number of aromatic nitrogens is 4. The molecule has 0 radical (unpaired) electrons. The molecule has 0 bridgehead atoms. The van der Waals surface area contributed by atoms with Crippen molar-refractivity contribution < 1.29 is 14.6 Å². The van der Waals surface area contributed by atoms with Crippen LogP contribution in [0.4, 0.5) is 11.5 Å². The molecule has 6 heterocycles. The fraction of sp³-hybridized carbons (Fsp3) is 0.452. The van der Waals surface area contributed by atoms with E-state index >= 15 is 0 Å². The molecule has 214 valence electrons. The van der Waals surface area contributed by atoms with E-state index < -0.39 is 0 Å². The zero-order valence-corrected chi connectivity index (χ0v) is 23.3. The topological polar surface area (TPSA) is 103 Å². The number of hydrogen-bond donors (Lipinski definition) is 2. The van der Waals surface area contributed by atoms with Crippen LogP contribution in [0.2, 0.25) is 0 Å². The molecule has 1 aromatic carbocycles. The molecular formula is C31H37N7O3. The quantitative estimate of drug-likeness (QED) is 0.368. The molecule has 0 amide bonds. The summed E-state index contributed by atoms with van der Waals surface area (Å²) in [7, 11) is 0. The predicted molar refractivity (Wildman–Crippen MR) is 159 cm³/mol. The van der Waals surface area contributed by atoms with Crippen LogP contribution in [0, 0.1) is 0 Å². The van der Waals surface area contributed by atoms with Gasteiger partial charge in [-0.1, -0.05) is 12.1 Å². The van der Waals surface area contributed by atoms with Gasteiger partial charge in [0.25, 0.3) is 0 Å². The Balaban J connectivity index is 1.13. The Bertz CT molecular complexity index is 1490. The van der Waals surface area contributed by atoms with E-state index in [1.54, 1.807) is 12.1 Å². The number of nitrogens with zero attached hydrogens (tertiary/aromatic N) is 6. The van der Waals surface area contributed by atoms with Crippen molar-refractivity contribution in [2.24, 2.45) is 0 Å². The van der Waals surface area contributed by atoms with Crippen molar-refractivity contribution in [1.82, 2.24) is 24.8 Å². The van der Waals surface area contributed by atoms with Gasteiger partial charge in [-0.25, -0.2) is 9.97 Å². The normalized spacial score (nSPS) is 19.2. The lowest BCUT2D eigenvalue weighted by Crippen LogP contribution is -2.38. The van der Waals surface area contributed by atoms with Gasteiger partial charge in [0.1, 0.15) is 11.3 Å². The molecular weight excluding hydrogens is 518 g/mol. The van der Waals surface area contributed by atoms with E-state index in [4.69, 9.17) is 19.4 Å². The molecule has 3 aromatic heterocycles. The molecule has 10 heteroatoms. The molecule has 0 saturated carbocycles. The number of piperidine rings is 1. The Kier molecular flexibility index (Phi) is 7.43. The van der Waals surface area contributed by atoms with Crippen LogP contribution >= 0.6 is 0 Å². The molecule has 2 N–H and O–H groups in total. The summed E-state index contributed by atoms with van der Waals surface area (Å²) < 4.78 is 11.2. The second kappa shape index (κ2) is 11.6. The molecule has 0 unspecified atom stereocenters. The average Bonchev–Trinajstić information content (AvgIpc) is 3.46. The molecule has 0 aliphatic carbocycles. The number of phenolic OH excluding ortho intramolecular Hbond substituents is 1. The second-order valence-electron chi connectivity index (χ2n) is 11.1. The third-order valence-electron chi connectivity index (χ3n) is 8.60. The highest BCUT2D eigenvalue weighted by Crippen LogP contribution is 2.37. The van der Waals surface area contributed by atoms with E-state index in [-0.39, 0.29) is 5.75 Å². The monoisotopic (exact) mass is 555 g/mol. The summed E-state index contributed by atoms with van der Waals surface area (Å²) >= 11 is 0. The molecule has 3 fully saturated rings. The minimum absolute atomic E-state index is 0.214. The predicted octanol–water partition coefficient (Wildman–Crippen LogP) is 3.78. The second-order valence-corrected chi connectivity index (χ2v) is 11.1. The Morgan fingerprint density at radius 1 is 0.902 bits per heavy atom. The Hall–Kier alpha value is -3.73. The van der Waals surface area contributed by atoms with Gasteiger partial charge >= 0.3 is 0 Å². The summed E-state index contributed by atoms with van der Waals surface area (Å²) in [5.74, 6) is 2.18. The number of likely N-dealkylation sites (tertiary alicyclic amines) is 1. The Morgan fingerprint density at radius 2 is 1.66 bits per heavy atom. The SMILES string of the molecule is Oc1cccc(-c2nc(N3CCOCC3)c3[nH]cc(C4CCN(Cc5cnccc5N5CCOCC5)CC4)c3n2)c1. The van der Waals surface area contributed by atoms with Crippen LogP contribution in [-0.4, -0.2) is 95.6 Å². The fourth-order valence-corrected chi connectivity index (χ4v) is 6.40. The minimum atomic E-state index is 0.214. The number of pyridine rings is 1. The highest BCUT2D eigenvalue weighted by atomic mass is 16.5. The summed E-state index contributed by atoms with van der Waals surface area (Å²) in [5.41, 5.74) is 6.62. The summed E-state index contributed by atoms with van der Waals surface area (Å²) in [6.07, 6.45) is 8.21. The standard InChI is InChI=1S/C31H37N7O3/c39-25-3-1-2-23(18-25)30-34-28-26(20-33-29(28)31(35-30)38-12-16-41-17-13-38)22-5-8-36(9-6-22)21-24-19-32-7-4-27(24)37-10-14-40-15-11-37/h1-4,7,18-20,22,33,39H,5-6,8-17,21H2. The third-order valence-corrected chi connectivity index (χ3v) is 8.60. The van der Waals surface area contributed by atoms with Crippen molar-refractivity contribution in [2.45, 2.75) is 25.3 Å². The zero-order chi connectivity index (χ0) is 27.6. The number of morpholine rings is 2. The van der Waals surface area contributed by atoms with Gasteiger partial charge in [-0.05, 0) is 55.6 Å². The maximum Gasteiger partial charge on any atom is 0.162 e. The minimum Gasteiger partial charge on any atom is -0.508 e. The van der Waals surface area contributed by atoms with Crippen molar-refractivity contribution in [3.63, 3.8) is 0 Å². The first kappa shape index (κ1) is 26.2. The molecule has 7 rings (SSSR count). The van der Waals surface area contributed by atoms with E-state index in [0.29, 0.717) is 25.0 Å². The number of aromatic hydroxyl groups is 1. The zero-order valence-electron chi connectivity index (χ0n) is 23.3. The van der Waals surface area contributed by atoms with Crippen molar-refractivity contribution in [3.05, 3.63) is 60.0 Å². The van der Waals surface area contributed by atoms with Gasteiger partial charge in [-0.2, -0.15) is 0 Å². The largest absolute Gasteiger partial charge is 0.508 e. The molecule has 3 aliphatic rings. The van der Waals surface area contributed by atoms with Crippen LogP contribution in [-0.2, 0) is 16.0 Å². The third kappa shape index (κ3) is 5.47. The van der Waals surface area contributed by atoms with Gasteiger partial charge in [0.15, 0.2) is 11.6 Å². The lowest BCUT2D eigenvalue weighted by molar-refractivity contribution is 0.122. The van der Waals surface area contributed by atoms with E-state index in [1.165, 1.54) is 16.8 Å². The van der Waals surface area contributed by atoms with Crippen molar-refractivity contribution in [1.29, 1.82) is 0 Å². The average molecular weight is 556 g/mol. The van der Waals surface area contributed by atoms with E-state index in [9.17, 15) is 5.11 Å². The molecule has 10 nitrogen and oxygen atoms in total. The summed E-state index contributed by atoms with van der Waals surface area (Å²) in [4.78, 5) is 25.3. The number of rotatable bonds is 6. The number of H-pyrrole nitrogens is 1. The number of anilines is 2. The Labute approximate surface area is 239 Å². The molecule has 3 aliphatic heterocycles. The van der Waals surface area contributed by atoms with E-state index in [2.05, 4.69) is 36.9 Å². The van der Waals surface area contributed by atoms with Crippen LogP contribution in [0.1, 0.15) is 29.9 Å². The molecule has 4 aromatic rings. The molecule has 0 spiro atoms. The highest BCUT2D eigenvalue weighted by molar-refractivity contribution is 5.91. The first-order valence-corrected chi connectivity index (χ1v) is 14.7. The van der Waals surface area contributed by atoms with Gasteiger partial charge in [0.05, 0.1) is 31.9 Å². The number of ether oxygens (including phenoxy) is 2. The fourth-order valence-electron chi connectivity index (χ4n) is 6.40. The van der Waals surface area contributed by atoms with Crippen LogP contribution in [0.25, 0.3) is 22.4 Å². The summed E-state index contributed by atoms with van der Waals surface area (Å²) in [6, 6.07) is 9.36. The number of nitrogens with one attached hydrogen (secondary N) is 1. The van der Waals surface area contributed by atoms with Gasteiger partial charge in [-0.3, -0.25) is 9.88 Å². The smallest absolute Gasteiger partial charge is 0.162 e. The lowest BCUT2D eigenvalue weighted by atomic mass is 9.90. The highest BCUT2D eigenvalue weighted by Gasteiger charge is 2.27. The Morgan fingerprint density at radius 3 is 2.41 bits per heavy atom. The maximum absolute atomic E-state index is 10.1. The maximum atomic E-state index is 10.1. The number of phenols is 1. The number of benzene rings is 1. The van der Waals surface area contributed by atoms with Gasteiger partial charge in [0, 0.05) is 68.1 Å². The number of aromatic amines is 1. The molecule has 0 atom stereocenters. The van der Waals surface area contributed by atoms with E-state index in [1.807, 2.05) is 24.5 Å². The lowest BCUT2D eigenvalue weighted by Gasteiger charge is -2.34. The van der Waals surface area contributed by atoms with Crippen LogP contribution in [0.3, 0.4) is 0 Å². The first-order valence-electron chi connectivity index (χ1n) is 14.7. The molecule has 41 heavy (non-hydrogen) atoms. The van der Waals surface area contributed by atoms with Gasteiger partial charge in [0.2, 0.25) is 0 Å². The van der Waals surface area contributed by atoms with Gasteiger partial charge in [-0.15, -0.1) is 0 Å². The van der Waals surface area contributed by atoms with Crippen molar-refractivity contribution in [3.8, 4) is 17.1 Å². The molecule has 3 saturated heterocycles. The van der Waals surface area contributed by atoms with Crippen LogP contribution < -0.4 is 9.80 Å². The number of fused-ring (bicyclic) bond motifs is 1. The number of hydrogen-bond acceptors (Lipinski definition) is 9. The van der Waals surface area contributed by atoms with Crippen molar-refractivity contribution in [2.75, 3.05) is 75.5 Å². The van der Waals surface area contributed by atoms with E-state index in [0.717, 1.165) is 94.3 Å². The van der Waals surface area contributed by atoms with Crippen LogP contribution in [0.5, 0.6) is 5.75 Å².